The van der Waals surface area contributed by atoms with Gasteiger partial charge in [-0.25, -0.2) is 0 Å². The molecule has 18 heavy (non-hydrogen) atoms. The van der Waals surface area contributed by atoms with Crippen molar-refractivity contribution in [1.29, 1.82) is 0 Å². The van der Waals surface area contributed by atoms with Crippen LogP contribution in [0.3, 0.4) is 0 Å². The van der Waals surface area contributed by atoms with Gasteiger partial charge in [-0.2, -0.15) is 11.8 Å². The molecule has 1 amide bonds. The van der Waals surface area contributed by atoms with E-state index in [2.05, 4.69) is 23.8 Å². The zero-order chi connectivity index (χ0) is 13.1. The van der Waals surface area contributed by atoms with Crippen LogP contribution < -0.4 is 10.6 Å². The molecule has 1 saturated heterocycles. The standard InChI is InChI=1S/C14H26N2OS/c1-3-4-13(7-9-15-10-8-13)12(17)16-11-14(18-2)5-6-14/h15H,3-11H2,1-2H3,(H,16,17). The van der Waals surface area contributed by atoms with Gasteiger partial charge in [0, 0.05) is 11.3 Å². The molecule has 2 aliphatic rings. The van der Waals surface area contributed by atoms with E-state index in [9.17, 15) is 4.79 Å². The van der Waals surface area contributed by atoms with E-state index in [0.29, 0.717) is 10.7 Å². The molecule has 0 aromatic rings. The smallest absolute Gasteiger partial charge is 0.226 e. The Kier molecular flexibility index (Phi) is 4.59. The first kappa shape index (κ1) is 14.2. The van der Waals surface area contributed by atoms with Crippen molar-refractivity contribution >= 4 is 17.7 Å². The van der Waals surface area contributed by atoms with Gasteiger partial charge in [0.1, 0.15) is 0 Å². The first-order chi connectivity index (χ1) is 8.66. The van der Waals surface area contributed by atoms with Crippen LogP contribution in [0.15, 0.2) is 0 Å². The molecular formula is C14H26N2OS. The van der Waals surface area contributed by atoms with Crippen molar-refractivity contribution in [2.24, 2.45) is 5.41 Å². The van der Waals surface area contributed by atoms with E-state index in [1.807, 2.05) is 11.8 Å². The zero-order valence-corrected chi connectivity index (χ0v) is 12.5. The summed E-state index contributed by atoms with van der Waals surface area (Å²) in [6, 6.07) is 0. The highest BCUT2D eigenvalue weighted by molar-refractivity contribution is 8.00. The molecule has 0 aromatic carbocycles. The number of nitrogens with one attached hydrogen (secondary N) is 2. The van der Waals surface area contributed by atoms with Crippen LogP contribution in [0.1, 0.15) is 45.4 Å². The maximum Gasteiger partial charge on any atom is 0.226 e. The fourth-order valence-electron chi connectivity index (χ4n) is 3.00. The van der Waals surface area contributed by atoms with Crippen molar-refractivity contribution in [2.75, 3.05) is 25.9 Å². The second-order valence-corrected chi connectivity index (χ2v) is 7.12. The molecule has 4 heteroatoms. The minimum absolute atomic E-state index is 0.0888. The maximum atomic E-state index is 12.6. The molecule has 0 unspecified atom stereocenters. The van der Waals surface area contributed by atoms with Crippen LogP contribution in [0.4, 0.5) is 0 Å². The maximum absolute atomic E-state index is 12.6. The van der Waals surface area contributed by atoms with E-state index in [1.165, 1.54) is 12.8 Å². The SMILES string of the molecule is CCCC1(C(=O)NCC2(SC)CC2)CCNCC1. The second-order valence-electron chi connectivity index (χ2n) is 5.85. The lowest BCUT2D eigenvalue weighted by Gasteiger charge is -2.36. The fourth-order valence-corrected chi connectivity index (χ4v) is 3.72. The average Bonchev–Trinajstić information content (AvgIpc) is 3.18. The Balaban J connectivity index is 1.91. The summed E-state index contributed by atoms with van der Waals surface area (Å²) in [4.78, 5) is 12.6. The second kappa shape index (κ2) is 5.83. The molecular weight excluding hydrogens is 244 g/mol. The zero-order valence-electron chi connectivity index (χ0n) is 11.7. The fraction of sp³-hybridized carbons (Fsp3) is 0.929. The predicted octanol–water partition coefficient (Wildman–Crippen LogP) is 2.17. The minimum atomic E-state index is -0.0888. The quantitative estimate of drug-likeness (QED) is 0.777. The van der Waals surface area contributed by atoms with Gasteiger partial charge in [-0.3, -0.25) is 4.79 Å². The van der Waals surface area contributed by atoms with Crippen LogP contribution in [0.2, 0.25) is 0 Å². The highest BCUT2D eigenvalue weighted by atomic mass is 32.2. The lowest BCUT2D eigenvalue weighted by atomic mass is 9.74. The Bertz CT molecular complexity index is 291. The van der Waals surface area contributed by atoms with E-state index in [1.54, 1.807) is 0 Å². The van der Waals surface area contributed by atoms with Crippen molar-refractivity contribution < 1.29 is 4.79 Å². The van der Waals surface area contributed by atoms with Crippen molar-refractivity contribution in [3.05, 3.63) is 0 Å². The van der Waals surface area contributed by atoms with Crippen LogP contribution >= 0.6 is 11.8 Å². The first-order valence-electron chi connectivity index (χ1n) is 7.21. The largest absolute Gasteiger partial charge is 0.354 e. The summed E-state index contributed by atoms with van der Waals surface area (Å²) < 4.78 is 0.371. The molecule has 2 N–H and O–H groups in total. The molecule has 0 spiro atoms. The summed E-state index contributed by atoms with van der Waals surface area (Å²) in [6.07, 6.45) is 8.81. The third-order valence-electron chi connectivity index (χ3n) is 4.58. The Morgan fingerprint density at radius 2 is 1.94 bits per heavy atom. The van der Waals surface area contributed by atoms with Crippen LogP contribution in [0, 0.1) is 5.41 Å². The summed E-state index contributed by atoms with van der Waals surface area (Å²) in [5, 5.41) is 6.61. The van der Waals surface area contributed by atoms with Gasteiger partial charge in [-0.1, -0.05) is 13.3 Å². The third-order valence-corrected chi connectivity index (χ3v) is 6.00. The molecule has 0 aromatic heterocycles. The lowest BCUT2D eigenvalue weighted by molar-refractivity contribution is -0.133. The molecule has 104 valence electrons. The van der Waals surface area contributed by atoms with Crippen molar-refractivity contribution in [3.8, 4) is 0 Å². The van der Waals surface area contributed by atoms with Gasteiger partial charge >= 0.3 is 0 Å². The first-order valence-corrected chi connectivity index (χ1v) is 8.43. The summed E-state index contributed by atoms with van der Waals surface area (Å²) in [5.41, 5.74) is -0.0888. The van der Waals surface area contributed by atoms with Crippen molar-refractivity contribution in [3.63, 3.8) is 0 Å². The lowest BCUT2D eigenvalue weighted by Crippen LogP contribution is -2.49. The Hall–Kier alpha value is -0.220. The van der Waals surface area contributed by atoms with E-state index < -0.39 is 0 Å². The number of rotatable bonds is 6. The van der Waals surface area contributed by atoms with Crippen LogP contribution in [-0.2, 0) is 4.79 Å². The minimum Gasteiger partial charge on any atom is -0.354 e. The molecule has 2 fully saturated rings. The van der Waals surface area contributed by atoms with Crippen molar-refractivity contribution in [1.82, 2.24) is 10.6 Å². The number of amides is 1. The molecule has 2 rings (SSSR count). The number of hydrogen-bond acceptors (Lipinski definition) is 3. The van der Waals surface area contributed by atoms with E-state index >= 15 is 0 Å². The molecule has 1 saturated carbocycles. The summed E-state index contributed by atoms with van der Waals surface area (Å²) in [6.45, 7) is 5.02. The van der Waals surface area contributed by atoms with Gasteiger partial charge in [0.2, 0.25) is 5.91 Å². The summed E-state index contributed by atoms with van der Waals surface area (Å²) >= 11 is 1.91. The monoisotopic (exact) mass is 270 g/mol. The topological polar surface area (TPSA) is 41.1 Å². The van der Waals surface area contributed by atoms with E-state index in [4.69, 9.17) is 0 Å². The molecule has 3 nitrogen and oxygen atoms in total. The van der Waals surface area contributed by atoms with Crippen molar-refractivity contribution in [2.45, 2.75) is 50.2 Å². The van der Waals surface area contributed by atoms with Gasteiger partial charge in [0.25, 0.3) is 0 Å². The number of thioether (sulfide) groups is 1. The van der Waals surface area contributed by atoms with Gasteiger partial charge in [-0.15, -0.1) is 0 Å². The molecule has 0 bridgehead atoms. The average molecular weight is 270 g/mol. The van der Waals surface area contributed by atoms with E-state index in [0.717, 1.165) is 45.3 Å². The molecule has 1 aliphatic carbocycles. The molecule has 0 radical (unpaired) electrons. The van der Waals surface area contributed by atoms with Gasteiger partial charge in [-0.05, 0) is 51.4 Å². The van der Waals surface area contributed by atoms with Crippen LogP contribution in [0.5, 0.6) is 0 Å². The van der Waals surface area contributed by atoms with Crippen LogP contribution in [0.25, 0.3) is 0 Å². The highest BCUT2D eigenvalue weighted by Crippen LogP contribution is 2.46. The summed E-state index contributed by atoms with van der Waals surface area (Å²) in [5.74, 6) is 0.311. The van der Waals surface area contributed by atoms with E-state index in [-0.39, 0.29) is 5.41 Å². The van der Waals surface area contributed by atoms with Gasteiger partial charge in [0.05, 0.1) is 5.41 Å². The number of hydrogen-bond donors (Lipinski definition) is 2. The van der Waals surface area contributed by atoms with Gasteiger partial charge < -0.3 is 10.6 Å². The Labute approximate surface area is 115 Å². The number of carbonyl (C=O) groups excluding carboxylic acids is 1. The summed E-state index contributed by atoms with van der Waals surface area (Å²) in [7, 11) is 0. The predicted molar refractivity (Wildman–Crippen MR) is 77.9 cm³/mol. The normalized spacial score (nSPS) is 24.6. The molecule has 0 atom stereocenters. The molecule has 1 heterocycles. The Morgan fingerprint density at radius 3 is 2.44 bits per heavy atom. The van der Waals surface area contributed by atoms with Gasteiger partial charge in [0.15, 0.2) is 0 Å². The Morgan fingerprint density at radius 1 is 1.28 bits per heavy atom. The van der Waals surface area contributed by atoms with Crippen LogP contribution in [-0.4, -0.2) is 36.5 Å². The third kappa shape index (κ3) is 3.02. The molecule has 1 aliphatic heterocycles. The number of carbonyl (C=O) groups is 1. The highest BCUT2D eigenvalue weighted by Gasteiger charge is 2.44. The number of piperidine rings is 1.